The molecule has 1 aliphatic heterocycles. The fourth-order valence-corrected chi connectivity index (χ4v) is 2.06. The SMILES string of the molecule is CC1CC1CNC(=O)CN1CCNCC1. The molecule has 4 heteroatoms. The lowest BCUT2D eigenvalue weighted by Crippen LogP contribution is -2.47. The molecule has 86 valence electrons. The Balaban J connectivity index is 1.59. The van der Waals surface area contributed by atoms with Crippen molar-refractivity contribution in [2.24, 2.45) is 11.8 Å². The van der Waals surface area contributed by atoms with E-state index < -0.39 is 0 Å². The molecule has 0 aromatic carbocycles. The largest absolute Gasteiger partial charge is 0.355 e. The second-order valence-electron chi connectivity index (χ2n) is 4.80. The Morgan fingerprint density at radius 1 is 1.47 bits per heavy atom. The average molecular weight is 211 g/mol. The maximum absolute atomic E-state index is 11.6. The molecular formula is C11H21N3O. The van der Waals surface area contributed by atoms with Gasteiger partial charge in [0.05, 0.1) is 6.54 Å². The van der Waals surface area contributed by atoms with Gasteiger partial charge in [-0.05, 0) is 18.3 Å². The highest BCUT2D eigenvalue weighted by Gasteiger charge is 2.32. The summed E-state index contributed by atoms with van der Waals surface area (Å²) in [5.41, 5.74) is 0. The van der Waals surface area contributed by atoms with Gasteiger partial charge in [0.15, 0.2) is 0 Å². The van der Waals surface area contributed by atoms with Gasteiger partial charge in [0, 0.05) is 32.7 Å². The highest BCUT2D eigenvalue weighted by Crippen LogP contribution is 2.36. The van der Waals surface area contributed by atoms with Crippen LogP contribution in [0.4, 0.5) is 0 Å². The molecule has 1 aliphatic carbocycles. The Hall–Kier alpha value is -0.610. The number of amides is 1. The Kier molecular flexibility index (Phi) is 3.59. The molecular weight excluding hydrogens is 190 g/mol. The number of rotatable bonds is 4. The summed E-state index contributed by atoms with van der Waals surface area (Å²) < 4.78 is 0. The van der Waals surface area contributed by atoms with Gasteiger partial charge in [-0.25, -0.2) is 0 Å². The zero-order chi connectivity index (χ0) is 10.7. The number of piperazine rings is 1. The molecule has 2 aliphatic rings. The molecule has 0 radical (unpaired) electrons. The molecule has 1 heterocycles. The number of nitrogens with zero attached hydrogens (tertiary/aromatic N) is 1. The zero-order valence-electron chi connectivity index (χ0n) is 9.46. The van der Waals surface area contributed by atoms with Crippen LogP contribution < -0.4 is 10.6 Å². The van der Waals surface area contributed by atoms with Gasteiger partial charge >= 0.3 is 0 Å². The van der Waals surface area contributed by atoms with E-state index in [0.29, 0.717) is 6.54 Å². The van der Waals surface area contributed by atoms with Crippen molar-refractivity contribution in [2.45, 2.75) is 13.3 Å². The van der Waals surface area contributed by atoms with Crippen LogP contribution in [0.1, 0.15) is 13.3 Å². The third-order valence-corrected chi connectivity index (χ3v) is 3.41. The third kappa shape index (κ3) is 3.47. The molecule has 0 bridgehead atoms. The van der Waals surface area contributed by atoms with Gasteiger partial charge < -0.3 is 10.6 Å². The minimum absolute atomic E-state index is 0.191. The van der Waals surface area contributed by atoms with E-state index in [1.54, 1.807) is 0 Å². The summed E-state index contributed by atoms with van der Waals surface area (Å²) in [6, 6.07) is 0. The molecule has 4 nitrogen and oxygen atoms in total. The molecule has 0 aromatic rings. The number of hydrogen-bond acceptors (Lipinski definition) is 3. The maximum Gasteiger partial charge on any atom is 0.234 e. The van der Waals surface area contributed by atoms with Gasteiger partial charge in [0.25, 0.3) is 0 Å². The minimum atomic E-state index is 0.191. The van der Waals surface area contributed by atoms with Gasteiger partial charge in [0.1, 0.15) is 0 Å². The Labute approximate surface area is 91.4 Å². The summed E-state index contributed by atoms with van der Waals surface area (Å²) >= 11 is 0. The third-order valence-electron chi connectivity index (χ3n) is 3.41. The molecule has 2 fully saturated rings. The van der Waals surface area contributed by atoms with E-state index in [-0.39, 0.29) is 5.91 Å². The van der Waals surface area contributed by atoms with E-state index in [0.717, 1.165) is 44.6 Å². The van der Waals surface area contributed by atoms with Gasteiger partial charge in [-0.15, -0.1) is 0 Å². The van der Waals surface area contributed by atoms with E-state index in [1.807, 2.05) is 0 Å². The summed E-state index contributed by atoms with van der Waals surface area (Å²) in [5, 5.41) is 6.30. The predicted octanol–water partition coefficient (Wildman–Crippen LogP) is -0.336. The lowest BCUT2D eigenvalue weighted by atomic mass is 10.3. The summed E-state index contributed by atoms with van der Waals surface area (Å²) in [7, 11) is 0. The Bertz CT molecular complexity index is 226. The molecule has 0 spiro atoms. The summed E-state index contributed by atoms with van der Waals surface area (Å²) in [6.45, 7) is 7.70. The standard InChI is InChI=1S/C11H21N3O/c1-9-6-10(9)7-13-11(15)8-14-4-2-12-3-5-14/h9-10,12H,2-8H2,1H3,(H,13,15). The van der Waals surface area contributed by atoms with Gasteiger partial charge in [0.2, 0.25) is 5.91 Å². The molecule has 1 saturated heterocycles. The van der Waals surface area contributed by atoms with Crippen molar-refractivity contribution >= 4 is 5.91 Å². The second kappa shape index (κ2) is 4.94. The van der Waals surface area contributed by atoms with Crippen LogP contribution in [0.25, 0.3) is 0 Å². The van der Waals surface area contributed by atoms with E-state index in [9.17, 15) is 4.79 Å². The Morgan fingerprint density at radius 2 is 2.13 bits per heavy atom. The van der Waals surface area contributed by atoms with Crippen molar-refractivity contribution in [3.8, 4) is 0 Å². The minimum Gasteiger partial charge on any atom is -0.355 e. The average Bonchev–Trinajstić information content (AvgIpc) is 2.93. The van der Waals surface area contributed by atoms with Crippen molar-refractivity contribution in [1.29, 1.82) is 0 Å². The first kappa shape index (κ1) is 10.9. The molecule has 2 atom stereocenters. The molecule has 15 heavy (non-hydrogen) atoms. The van der Waals surface area contributed by atoms with Crippen LogP contribution in [-0.4, -0.2) is 50.1 Å². The van der Waals surface area contributed by atoms with Crippen molar-refractivity contribution in [1.82, 2.24) is 15.5 Å². The lowest BCUT2D eigenvalue weighted by molar-refractivity contribution is -0.122. The van der Waals surface area contributed by atoms with Crippen LogP contribution in [0.5, 0.6) is 0 Å². The van der Waals surface area contributed by atoms with E-state index in [2.05, 4.69) is 22.5 Å². The normalized spacial score (nSPS) is 31.3. The first-order valence-electron chi connectivity index (χ1n) is 5.95. The van der Waals surface area contributed by atoms with E-state index in [4.69, 9.17) is 0 Å². The van der Waals surface area contributed by atoms with Crippen LogP contribution in [0.15, 0.2) is 0 Å². The van der Waals surface area contributed by atoms with Crippen LogP contribution in [-0.2, 0) is 4.79 Å². The fourth-order valence-electron chi connectivity index (χ4n) is 2.06. The number of nitrogens with one attached hydrogen (secondary N) is 2. The first-order chi connectivity index (χ1) is 7.25. The lowest BCUT2D eigenvalue weighted by Gasteiger charge is -2.26. The van der Waals surface area contributed by atoms with Crippen molar-refractivity contribution < 1.29 is 4.79 Å². The highest BCUT2D eigenvalue weighted by atomic mass is 16.2. The van der Waals surface area contributed by atoms with Gasteiger partial charge in [-0.3, -0.25) is 9.69 Å². The fraction of sp³-hybridized carbons (Fsp3) is 0.909. The highest BCUT2D eigenvalue weighted by molar-refractivity contribution is 5.78. The van der Waals surface area contributed by atoms with Crippen LogP contribution >= 0.6 is 0 Å². The topological polar surface area (TPSA) is 44.4 Å². The Morgan fingerprint density at radius 3 is 2.73 bits per heavy atom. The van der Waals surface area contributed by atoms with Crippen molar-refractivity contribution in [2.75, 3.05) is 39.3 Å². The first-order valence-corrected chi connectivity index (χ1v) is 5.95. The van der Waals surface area contributed by atoms with Crippen LogP contribution in [0, 0.1) is 11.8 Å². The molecule has 2 unspecified atom stereocenters. The van der Waals surface area contributed by atoms with Crippen LogP contribution in [0.3, 0.4) is 0 Å². The summed E-state index contributed by atoms with van der Waals surface area (Å²) in [4.78, 5) is 13.8. The van der Waals surface area contributed by atoms with Crippen molar-refractivity contribution in [3.05, 3.63) is 0 Å². The summed E-state index contributed by atoms with van der Waals surface area (Å²) in [5.74, 6) is 1.76. The summed E-state index contributed by atoms with van der Waals surface area (Å²) in [6.07, 6.45) is 1.29. The van der Waals surface area contributed by atoms with E-state index in [1.165, 1.54) is 6.42 Å². The molecule has 0 aromatic heterocycles. The molecule has 2 N–H and O–H groups in total. The second-order valence-corrected chi connectivity index (χ2v) is 4.80. The predicted molar refractivity (Wildman–Crippen MR) is 59.6 cm³/mol. The number of carbonyl (C=O) groups is 1. The quantitative estimate of drug-likeness (QED) is 0.669. The number of carbonyl (C=O) groups excluding carboxylic acids is 1. The monoisotopic (exact) mass is 211 g/mol. The van der Waals surface area contributed by atoms with E-state index >= 15 is 0 Å². The zero-order valence-corrected chi connectivity index (χ0v) is 9.46. The molecule has 1 saturated carbocycles. The van der Waals surface area contributed by atoms with Gasteiger partial charge in [-0.1, -0.05) is 6.92 Å². The molecule has 1 amide bonds. The number of hydrogen-bond donors (Lipinski definition) is 2. The van der Waals surface area contributed by atoms with Crippen molar-refractivity contribution in [3.63, 3.8) is 0 Å². The maximum atomic E-state index is 11.6. The van der Waals surface area contributed by atoms with Gasteiger partial charge in [-0.2, -0.15) is 0 Å². The smallest absolute Gasteiger partial charge is 0.234 e. The molecule has 2 rings (SSSR count). The van der Waals surface area contributed by atoms with Crippen LogP contribution in [0.2, 0.25) is 0 Å².